The number of carbonyl (C=O) groups is 1. The number of imidazole rings is 1. The minimum absolute atomic E-state index is 0.00211. The molecule has 11 heteroatoms. The Kier molecular flexibility index (Phi) is 7.97. The lowest BCUT2D eigenvalue weighted by Crippen LogP contribution is -2.42. The first-order valence-electron chi connectivity index (χ1n) is 12.9. The quantitative estimate of drug-likeness (QED) is 0.233. The third-order valence-corrected chi connectivity index (χ3v) is 7.43. The summed E-state index contributed by atoms with van der Waals surface area (Å²) in [7, 11) is 1.64. The van der Waals surface area contributed by atoms with Crippen molar-refractivity contribution in [3.05, 3.63) is 77.3 Å². The van der Waals surface area contributed by atoms with Crippen molar-refractivity contribution < 1.29 is 19.7 Å². The molecule has 1 aliphatic carbocycles. The highest BCUT2D eigenvalue weighted by Gasteiger charge is 2.43. The Hall–Kier alpha value is -3.73. The van der Waals surface area contributed by atoms with Crippen LogP contribution in [-0.4, -0.2) is 67.5 Å². The summed E-state index contributed by atoms with van der Waals surface area (Å²) in [6, 6.07) is 17.0. The van der Waals surface area contributed by atoms with Crippen molar-refractivity contribution in [1.82, 2.24) is 24.8 Å². The summed E-state index contributed by atoms with van der Waals surface area (Å²) in [6.45, 7) is 2.24. The van der Waals surface area contributed by atoms with E-state index in [9.17, 15) is 15.0 Å². The fraction of sp³-hybridized carbons (Fsp3) is 0.357. The first kappa shape index (κ1) is 26.9. The van der Waals surface area contributed by atoms with Gasteiger partial charge in [0, 0.05) is 18.9 Å². The van der Waals surface area contributed by atoms with Gasteiger partial charge in [-0.05, 0) is 41.3 Å². The van der Waals surface area contributed by atoms with E-state index in [1.165, 1.54) is 0 Å². The van der Waals surface area contributed by atoms with Gasteiger partial charge in [-0.2, -0.15) is 9.97 Å². The van der Waals surface area contributed by atoms with Gasteiger partial charge in [0.1, 0.15) is 18.0 Å². The number of ether oxygens (including phenoxy) is 1. The molecule has 1 aliphatic rings. The lowest BCUT2D eigenvalue weighted by Gasteiger charge is -2.20. The van der Waals surface area contributed by atoms with Crippen LogP contribution in [0.3, 0.4) is 0 Å². The molecule has 0 bridgehead atoms. The lowest BCUT2D eigenvalue weighted by molar-refractivity contribution is -0.122. The molecule has 10 nitrogen and oxygen atoms in total. The molecule has 4 aromatic rings. The van der Waals surface area contributed by atoms with E-state index in [-0.39, 0.29) is 23.5 Å². The first-order chi connectivity index (χ1) is 18.9. The van der Waals surface area contributed by atoms with Crippen molar-refractivity contribution in [3.63, 3.8) is 0 Å². The highest BCUT2D eigenvalue weighted by molar-refractivity contribution is 6.28. The van der Waals surface area contributed by atoms with E-state index in [0.29, 0.717) is 29.9 Å². The molecular weight excluding hydrogens is 520 g/mol. The summed E-state index contributed by atoms with van der Waals surface area (Å²) < 4.78 is 7.02. The number of rotatable bonds is 9. The lowest BCUT2D eigenvalue weighted by atomic mass is 9.91. The van der Waals surface area contributed by atoms with E-state index >= 15 is 0 Å². The van der Waals surface area contributed by atoms with Gasteiger partial charge in [-0.3, -0.25) is 4.79 Å². The van der Waals surface area contributed by atoms with Crippen LogP contribution < -0.4 is 15.4 Å². The molecule has 0 spiro atoms. The van der Waals surface area contributed by atoms with Gasteiger partial charge in [0.2, 0.25) is 11.2 Å². The van der Waals surface area contributed by atoms with E-state index < -0.39 is 24.3 Å². The zero-order valence-electron chi connectivity index (χ0n) is 21.7. The summed E-state index contributed by atoms with van der Waals surface area (Å²) in [5.41, 5.74) is 3.14. The van der Waals surface area contributed by atoms with Crippen molar-refractivity contribution in [2.24, 2.45) is 0 Å². The molecule has 39 heavy (non-hydrogen) atoms. The van der Waals surface area contributed by atoms with Gasteiger partial charge in [0.25, 0.3) is 0 Å². The van der Waals surface area contributed by atoms with Crippen LogP contribution in [0, 0.1) is 0 Å². The number of aromatic nitrogens is 4. The summed E-state index contributed by atoms with van der Waals surface area (Å²) in [5, 5.41) is 27.6. The first-order valence-corrected chi connectivity index (χ1v) is 13.3. The zero-order chi connectivity index (χ0) is 27.5. The monoisotopic (exact) mass is 550 g/mol. The van der Waals surface area contributed by atoms with E-state index in [4.69, 9.17) is 16.3 Å². The molecule has 1 saturated carbocycles. The minimum atomic E-state index is -1.12. The molecule has 0 aliphatic heterocycles. The Balaban J connectivity index is 1.43. The summed E-state index contributed by atoms with van der Waals surface area (Å²) in [6.07, 6.45) is -0.0708. The van der Waals surface area contributed by atoms with Crippen molar-refractivity contribution in [1.29, 1.82) is 0 Å². The zero-order valence-corrected chi connectivity index (χ0v) is 22.4. The SMILES string of the molecule is CCC(=O)N[C@H]1C[C@@H](n2cnc3c(NCC(c4ccccc4)c4ccc(OC)cc4)nc(Cl)nc32)[C@H](O)[C@@H]1O. The van der Waals surface area contributed by atoms with Crippen molar-refractivity contribution in [2.75, 3.05) is 19.0 Å². The average molecular weight is 551 g/mol. The number of hydrogen-bond donors (Lipinski definition) is 4. The highest BCUT2D eigenvalue weighted by Crippen LogP contribution is 2.35. The van der Waals surface area contributed by atoms with Crippen LogP contribution in [-0.2, 0) is 4.79 Å². The number of anilines is 1. The van der Waals surface area contributed by atoms with Gasteiger partial charge in [-0.15, -0.1) is 0 Å². The normalized spacial score (nSPS) is 21.6. The van der Waals surface area contributed by atoms with Crippen LogP contribution in [0.25, 0.3) is 11.2 Å². The predicted octanol–water partition coefficient (Wildman–Crippen LogP) is 3.29. The van der Waals surface area contributed by atoms with Crippen LogP contribution in [0.1, 0.15) is 42.9 Å². The summed E-state index contributed by atoms with van der Waals surface area (Å²) in [4.78, 5) is 25.2. The van der Waals surface area contributed by atoms with Crippen molar-refractivity contribution in [2.45, 2.75) is 50.0 Å². The van der Waals surface area contributed by atoms with Gasteiger partial charge < -0.3 is 30.2 Å². The number of aliphatic hydroxyl groups is 2. The fourth-order valence-corrected chi connectivity index (χ4v) is 5.30. The Bertz CT molecular complexity index is 1430. The van der Waals surface area contributed by atoms with Crippen LogP contribution >= 0.6 is 11.6 Å². The number of fused-ring (bicyclic) bond motifs is 1. The number of amides is 1. The average Bonchev–Trinajstić information content (AvgIpc) is 3.50. The van der Waals surface area contributed by atoms with E-state index in [1.54, 1.807) is 24.9 Å². The van der Waals surface area contributed by atoms with Gasteiger partial charge >= 0.3 is 0 Å². The number of methoxy groups -OCH3 is 1. The summed E-state index contributed by atoms with van der Waals surface area (Å²) in [5.74, 6) is 1.05. The molecule has 2 aromatic carbocycles. The number of nitrogens with one attached hydrogen (secondary N) is 2. The molecule has 4 N–H and O–H groups in total. The molecule has 1 fully saturated rings. The van der Waals surface area contributed by atoms with Gasteiger partial charge in [-0.1, -0.05) is 49.4 Å². The number of hydrogen-bond acceptors (Lipinski definition) is 8. The Labute approximate surface area is 231 Å². The van der Waals surface area contributed by atoms with Crippen molar-refractivity contribution >= 4 is 34.5 Å². The smallest absolute Gasteiger partial charge is 0.226 e. The second kappa shape index (κ2) is 11.6. The van der Waals surface area contributed by atoms with E-state index in [1.807, 2.05) is 42.5 Å². The molecule has 0 radical (unpaired) electrons. The van der Waals surface area contributed by atoms with E-state index in [2.05, 4.69) is 37.7 Å². The maximum Gasteiger partial charge on any atom is 0.226 e. The van der Waals surface area contributed by atoms with Crippen LogP contribution in [0.2, 0.25) is 5.28 Å². The number of halogens is 1. The standard InChI is InChI=1S/C28H31ClN6O4/c1-3-22(36)32-20-13-21(25(38)24(20)37)35-15-31-23-26(33-28(29)34-27(23)35)30-14-19(16-7-5-4-6-8-16)17-9-11-18(39-2)12-10-17/h4-12,15,19-21,24-25,37-38H,3,13-14H2,1-2H3,(H,32,36)(H,30,33,34)/t19?,20-,21+,24+,25-/m0/s1. The second-order valence-corrected chi connectivity index (χ2v) is 9.93. The number of benzene rings is 2. The predicted molar refractivity (Wildman–Crippen MR) is 148 cm³/mol. The van der Waals surface area contributed by atoms with Gasteiger partial charge in [0.15, 0.2) is 17.0 Å². The van der Waals surface area contributed by atoms with Crippen molar-refractivity contribution in [3.8, 4) is 5.75 Å². The highest BCUT2D eigenvalue weighted by atomic mass is 35.5. The topological polar surface area (TPSA) is 134 Å². The molecule has 204 valence electrons. The Morgan fingerprint density at radius 3 is 2.51 bits per heavy atom. The molecule has 5 rings (SSSR count). The molecule has 1 unspecified atom stereocenters. The molecule has 5 atom stereocenters. The molecule has 1 amide bonds. The van der Waals surface area contributed by atoms with Gasteiger partial charge in [-0.25, -0.2) is 4.98 Å². The van der Waals surface area contributed by atoms with Crippen LogP contribution in [0.15, 0.2) is 60.9 Å². The summed E-state index contributed by atoms with van der Waals surface area (Å²) >= 11 is 6.34. The molecular formula is C28H31ClN6O4. The maximum atomic E-state index is 11.9. The molecule has 2 heterocycles. The fourth-order valence-electron chi connectivity index (χ4n) is 5.14. The number of nitrogens with zero attached hydrogens (tertiary/aromatic N) is 4. The Morgan fingerprint density at radius 1 is 1.10 bits per heavy atom. The third kappa shape index (κ3) is 5.54. The van der Waals surface area contributed by atoms with Crippen LogP contribution in [0.5, 0.6) is 5.75 Å². The maximum absolute atomic E-state index is 11.9. The third-order valence-electron chi connectivity index (χ3n) is 7.26. The number of aliphatic hydroxyl groups excluding tert-OH is 2. The Morgan fingerprint density at radius 2 is 1.82 bits per heavy atom. The van der Waals surface area contributed by atoms with Gasteiger partial charge in [0.05, 0.1) is 25.5 Å². The largest absolute Gasteiger partial charge is 0.497 e. The minimum Gasteiger partial charge on any atom is -0.497 e. The number of carbonyl (C=O) groups excluding carboxylic acids is 1. The molecule has 0 saturated heterocycles. The second-order valence-electron chi connectivity index (χ2n) is 9.59. The van der Waals surface area contributed by atoms with Crippen LogP contribution in [0.4, 0.5) is 5.82 Å². The molecule has 2 aromatic heterocycles. The van der Waals surface area contributed by atoms with E-state index in [0.717, 1.165) is 16.9 Å².